The zero-order chi connectivity index (χ0) is 31.8. The van der Waals surface area contributed by atoms with E-state index in [4.69, 9.17) is 9.47 Å². The fraction of sp³-hybridized carbons (Fsp3) is 0.250. The summed E-state index contributed by atoms with van der Waals surface area (Å²) in [6, 6.07) is 11.4. The van der Waals surface area contributed by atoms with Crippen molar-refractivity contribution in [3.8, 4) is 11.5 Å². The lowest BCUT2D eigenvalue weighted by molar-refractivity contribution is 0.407. The standard InChI is InChI=1S/C32H33N7O4S2/c1-17-13-33-27(19(3)29(17)42-5)15-44(40)31-36-23-9-7-21(11-25(23)38-31)35-22-8-10-24-26(12-22)39-32(37-24)45(41)16-28-20(4)30(43-6)18(2)14-34-28/h7-14,35H,15-16H2,1-6H3,(H,36,38)(H,37,39). The van der Waals surface area contributed by atoms with E-state index in [-0.39, 0.29) is 11.5 Å². The van der Waals surface area contributed by atoms with Gasteiger partial charge in [0.05, 0.1) is 80.8 Å². The van der Waals surface area contributed by atoms with Gasteiger partial charge < -0.3 is 24.8 Å². The number of H-pyrrole nitrogens is 2. The van der Waals surface area contributed by atoms with E-state index in [0.29, 0.717) is 32.7 Å². The molecular formula is C32H33N7O4S2. The molecule has 0 aliphatic heterocycles. The lowest BCUT2D eigenvalue weighted by Gasteiger charge is -2.11. The maximum Gasteiger partial charge on any atom is 0.197 e. The third-order valence-electron chi connectivity index (χ3n) is 7.68. The number of aryl methyl sites for hydroxylation is 2. The second kappa shape index (κ2) is 12.4. The van der Waals surface area contributed by atoms with Crippen molar-refractivity contribution in [1.29, 1.82) is 0 Å². The van der Waals surface area contributed by atoms with Gasteiger partial charge in [-0.15, -0.1) is 0 Å². The zero-order valence-electron chi connectivity index (χ0n) is 25.8. The van der Waals surface area contributed by atoms with E-state index < -0.39 is 21.6 Å². The Kier molecular flexibility index (Phi) is 8.38. The molecular weight excluding hydrogens is 611 g/mol. The van der Waals surface area contributed by atoms with Crippen molar-refractivity contribution < 1.29 is 17.9 Å². The Morgan fingerprint density at radius 1 is 0.689 bits per heavy atom. The number of pyridine rings is 2. The molecule has 0 radical (unpaired) electrons. The van der Waals surface area contributed by atoms with Crippen molar-refractivity contribution in [2.75, 3.05) is 19.5 Å². The molecule has 0 aliphatic carbocycles. The molecule has 13 heteroatoms. The summed E-state index contributed by atoms with van der Waals surface area (Å²) < 4.78 is 37.4. The molecule has 0 bridgehead atoms. The molecule has 11 nitrogen and oxygen atoms in total. The van der Waals surface area contributed by atoms with Gasteiger partial charge >= 0.3 is 0 Å². The van der Waals surface area contributed by atoms with E-state index in [0.717, 1.165) is 56.2 Å². The van der Waals surface area contributed by atoms with Crippen molar-refractivity contribution in [2.24, 2.45) is 0 Å². The molecule has 2 aromatic carbocycles. The summed E-state index contributed by atoms with van der Waals surface area (Å²) in [5.74, 6) is 1.95. The lowest BCUT2D eigenvalue weighted by atomic mass is 10.1. The molecule has 0 saturated carbocycles. The number of nitrogens with zero attached hydrogens (tertiary/aromatic N) is 4. The third-order valence-corrected chi connectivity index (χ3v) is 10.00. The molecule has 2 unspecified atom stereocenters. The van der Waals surface area contributed by atoms with E-state index >= 15 is 0 Å². The van der Waals surface area contributed by atoms with E-state index in [9.17, 15) is 8.42 Å². The van der Waals surface area contributed by atoms with Crippen molar-refractivity contribution in [1.82, 2.24) is 29.9 Å². The number of ether oxygens (including phenoxy) is 2. The molecule has 0 spiro atoms. The molecule has 4 heterocycles. The highest BCUT2D eigenvalue weighted by atomic mass is 32.2. The minimum atomic E-state index is -1.42. The lowest BCUT2D eigenvalue weighted by Crippen LogP contribution is -2.05. The number of methoxy groups -OCH3 is 2. The highest BCUT2D eigenvalue weighted by Gasteiger charge is 2.18. The predicted octanol–water partition coefficient (Wildman–Crippen LogP) is 5.84. The average Bonchev–Trinajstić information content (AvgIpc) is 3.65. The number of aromatic amines is 2. The minimum absolute atomic E-state index is 0.222. The number of aromatic nitrogens is 6. The summed E-state index contributed by atoms with van der Waals surface area (Å²) in [4.78, 5) is 24.5. The van der Waals surface area contributed by atoms with Crippen LogP contribution in [0.4, 0.5) is 11.4 Å². The van der Waals surface area contributed by atoms with Crippen LogP contribution >= 0.6 is 0 Å². The normalized spacial score (nSPS) is 12.8. The Morgan fingerprint density at radius 3 is 1.51 bits per heavy atom. The minimum Gasteiger partial charge on any atom is -0.496 e. The monoisotopic (exact) mass is 643 g/mol. The topological polar surface area (TPSA) is 148 Å². The van der Waals surface area contributed by atoms with E-state index in [1.807, 2.05) is 64.1 Å². The van der Waals surface area contributed by atoms with Gasteiger partial charge in [-0.05, 0) is 64.1 Å². The van der Waals surface area contributed by atoms with Gasteiger partial charge in [-0.1, -0.05) is 0 Å². The Morgan fingerprint density at radius 2 is 1.11 bits per heavy atom. The number of fused-ring (bicyclic) bond motifs is 2. The van der Waals surface area contributed by atoms with Crippen molar-refractivity contribution >= 4 is 55.0 Å². The van der Waals surface area contributed by atoms with Crippen LogP contribution in [0, 0.1) is 27.7 Å². The number of imidazole rings is 2. The van der Waals surface area contributed by atoms with Crippen LogP contribution in [0.2, 0.25) is 0 Å². The molecule has 6 aromatic rings. The maximum atomic E-state index is 13.2. The molecule has 2 atom stereocenters. The molecule has 4 aromatic heterocycles. The highest BCUT2D eigenvalue weighted by Crippen LogP contribution is 2.29. The van der Waals surface area contributed by atoms with Gasteiger partial charge in [-0.2, -0.15) is 0 Å². The first-order valence-corrected chi connectivity index (χ1v) is 16.8. The number of nitrogens with one attached hydrogen (secondary N) is 3. The molecule has 232 valence electrons. The summed E-state index contributed by atoms with van der Waals surface area (Å²) in [7, 11) is 0.396. The number of hydrogen-bond acceptors (Lipinski definition) is 9. The Balaban J connectivity index is 1.17. The number of anilines is 2. The second-order valence-corrected chi connectivity index (χ2v) is 13.5. The molecule has 45 heavy (non-hydrogen) atoms. The van der Waals surface area contributed by atoms with Crippen molar-refractivity contribution in [3.63, 3.8) is 0 Å². The van der Waals surface area contributed by atoms with Gasteiger partial charge in [0.2, 0.25) is 0 Å². The number of hydrogen-bond donors (Lipinski definition) is 3. The van der Waals surface area contributed by atoms with Crippen molar-refractivity contribution in [2.45, 2.75) is 49.5 Å². The zero-order valence-corrected chi connectivity index (χ0v) is 27.4. The quantitative estimate of drug-likeness (QED) is 0.167. The first-order valence-electron chi connectivity index (χ1n) is 14.2. The first kappa shape index (κ1) is 30.4. The van der Waals surface area contributed by atoms with Gasteiger partial charge in [-0.25, -0.2) is 9.97 Å². The van der Waals surface area contributed by atoms with Crippen LogP contribution in [0.3, 0.4) is 0 Å². The fourth-order valence-electron chi connectivity index (χ4n) is 5.33. The average molecular weight is 644 g/mol. The SMILES string of the molecule is COc1c(C)cnc(CS(=O)c2nc3ccc(Nc4ccc5nc(S(=O)Cc6ncc(C)c(OC)c6C)[nH]c5c4)cc3[nH]2)c1C. The van der Waals surface area contributed by atoms with Gasteiger partial charge in [0.15, 0.2) is 10.3 Å². The summed E-state index contributed by atoms with van der Waals surface area (Å²) >= 11 is 0. The van der Waals surface area contributed by atoms with E-state index in [1.165, 1.54) is 0 Å². The van der Waals surface area contributed by atoms with Crippen LogP contribution in [0.15, 0.2) is 59.1 Å². The van der Waals surface area contributed by atoms with Gasteiger partial charge in [0.1, 0.15) is 11.5 Å². The molecule has 0 saturated heterocycles. The first-order chi connectivity index (χ1) is 21.6. The van der Waals surface area contributed by atoms with E-state index in [1.54, 1.807) is 26.6 Å². The van der Waals surface area contributed by atoms with Crippen LogP contribution in [0.25, 0.3) is 22.1 Å². The maximum absolute atomic E-state index is 13.2. The van der Waals surface area contributed by atoms with Crippen molar-refractivity contribution in [3.05, 3.63) is 82.4 Å². The third kappa shape index (κ3) is 6.05. The summed E-state index contributed by atoms with van der Waals surface area (Å²) in [6.07, 6.45) is 3.47. The second-order valence-electron chi connectivity index (χ2n) is 10.7. The molecule has 0 amide bonds. The Labute approximate surface area is 265 Å². The van der Waals surface area contributed by atoms with Crippen LogP contribution in [-0.4, -0.2) is 52.5 Å². The molecule has 6 rings (SSSR count). The predicted molar refractivity (Wildman–Crippen MR) is 176 cm³/mol. The smallest absolute Gasteiger partial charge is 0.197 e. The van der Waals surface area contributed by atoms with Crippen LogP contribution in [0.5, 0.6) is 11.5 Å². The summed E-state index contributed by atoms with van der Waals surface area (Å²) in [5.41, 5.74) is 9.61. The van der Waals surface area contributed by atoms with Crippen LogP contribution in [0.1, 0.15) is 33.6 Å². The number of benzene rings is 2. The highest BCUT2D eigenvalue weighted by molar-refractivity contribution is 7.84. The molecule has 0 aliphatic rings. The fourth-order valence-corrected chi connectivity index (χ4v) is 7.53. The summed E-state index contributed by atoms with van der Waals surface area (Å²) in [5, 5.41) is 4.17. The van der Waals surface area contributed by atoms with Crippen LogP contribution < -0.4 is 14.8 Å². The van der Waals surface area contributed by atoms with Crippen LogP contribution in [-0.2, 0) is 33.1 Å². The summed E-state index contributed by atoms with van der Waals surface area (Å²) in [6.45, 7) is 7.71. The molecule has 3 N–H and O–H groups in total. The van der Waals surface area contributed by atoms with Gasteiger partial charge in [0, 0.05) is 46.0 Å². The Bertz CT molecular complexity index is 1970. The van der Waals surface area contributed by atoms with E-state index in [2.05, 4.69) is 35.2 Å². The van der Waals surface area contributed by atoms with Gasteiger partial charge in [-0.3, -0.25) is 18.4 Å². The Hall–Kier alpha value is -4.62. The molecule has 0 fully saturated rings. The largest absolute Gasteiger partial charge is 0.496 e. The van der Waals surface area contributed by atoms with Gasteiger partial charge in [0.25, 0.3) is 0 Å². The number of rotatable bonds is 10.